The van der Waals surface area contributed by atoms with Crippen LogP contribution in [0.3, 0.4) is 0 Å². The Balaban J connectivity index is 1.47. The summed E-state index contributed by atoms with van der Waals surface area (Å²) in [7, 11) is 1.91. The van der Waals surface area contributed by atoms with Gasteiger partial charge in [-0.15, -0.1) is 0 Å². The number of hydrogen-bond donors (Lipinski definition) is 4. The normalized spacial score (nSPS) is 11.4. The van der Waals surface area contributed by atoms with Crippen LogP contribution in [0.4, 0.5) is 5.69 Å². The van der Waals surface area contributed by atoms with Crippen molar-refractivity contribution >= 4 is 27.8 Å². The fraction of sp³-hybridized carbons (Fsp3) is 0.167. The number of imidazole rings is 2. The molecule has 0 fully saturated rings. The number of H-pyrrole nitrogens is 2. The number of rotatable bonds is 7. The number of likely N-dealkylation sites (N-methyl/N-ethyl adjacent to an activating group) is 1. The molecule has 0 saturated carbocycles. The van der Waals surface area contributed by atoms with Crippen molar-refractivity contribution < 1.29 is 10.2 Å². The van der Waals surface area contributed by atoms with E-state index in [0.29, 0.717) is 0 Å². The van der Waals surface area contributed by atoms with E-state index in [9.17, 15) is 5.11 Å². The Bertz CT molecular complexity index is 1370. The van der Waals surface area contributed by atoms with Crippen molar-refractivity contribution in [2.45, 2.75) is 0 Å². The Morgan fingerprint density at radius 2 is 1.50 bits per heavy atom. The number of anilines is 1. The summed E-state index contributed by atoms with van der Waals surface area (Å²) in [5.41, 5.74) is 6.48. The highest BCUT2D eigenvalue weighted by Gasteiger charge is 2.12. The number of nitrogens with one attached hydrogen (secondary N) is 3. The average molecular weight is 430 g/mol. The fourth-order valence-corrected chi connectivity index (χ4v) is 3.79. The van der Waals surface area contributed by atoms with Crippen LogP contribution < -0.4 is 10.2 Å². The van der Waals surface area contributed by atoms with Gasteiger partial charge in [-0.25, -0.2) is 9.97 Å². The Kier molecular flexibility index (Phi) is 5.22. The molecule has 0 atom stereocenters. The average Bonchev–Trinajstić information content (AvgIpc) is 3.43. The third-order valence-electron chi connectivity index (χ3n) is 5.55. The highest BCUT2D eigenvalue weighted by Crippen LogP contribution is 2.28. The molecule has 0 aliphatic carbocycles. The number of phenols is 1. The minimum atomic E-state index is 0.202. The minimum Gasteiger partial charge on any atom is -0.508 e. The standard InChI is InChI=1S/C24H24N6O2/c1-25-10-11-30(14-31)17-5-9-20-22(13-17)29-24(27-20)16-4-8-19-21(12-16)28-23(26-19)15-2-6-18(32)7-3-15/h2-9,12-13,25,31-32H,10-11,14H2,1H3,(H,26,28)(H,27,29)/p+1. The molecule has 6 N–H and O–H groups in total. The number of aromatic amines is 2. The molecule has 162 valence electrons. The predicted octanol–water partition coefficient (Wildman–Crippen LogP) is 3.19. The molecule has 0 radical (unpaired) electrons. The van der Waals surface area contributed by atoms with Crippen molar-refractivity contribution in [2.75, 3.05) is 31.8 Å². The lowest BCUT2D eigenvalue weighted by molar-refractivity contribution is 0.291. The second-order valence-electron chi connectivity index (χ2n) is 7.68. The molecular weight excluding hydrogens is 404 g/mol. The van der Waals surface area contributed by atoms with Crippen LogP contribution in [0.25, 0.3) is 44.8 Å². The van der Waals surface area contributed by atoms with Crippen molar-refractivity contribution in [1.82, 2.24) is 25.3 Å². The monoisotopic (exact) mass is 429 g/mol. The van der Waals surface area contributed by atoms with Gasteiger partial charge in [-0.2, -0.15) is 0 Å². The first-order valence-corrected chi connectivity index (χ1v) is 10.5. The molecule has 2 aromatic heterocycles. The topological polar surface area (TPSA) is 116 Å². The predicted molar refractivity (Wildman–Crippen MR) is 128 cm³/mol. The Morgan fingerprint density at radius 3 is 2.19 bits per heavy atom. The Labute approximate surface area is 184 Å². The summed E-state index contributed by atoms with van der Waals surface area (Å²) < 4.78 is 0. The molecule has 8 heteroatoms. The highest BCUT2D eigenvalue weighted by atomic mass is 16.3. The van der Waals surface area contributed by atoms with Crippen LogP contribution in [0.1, 0.15) is 0 Å². The molecule has 2 heterocycles. The van der Waals surface area contributed by atoms with Crippen molar-refractivity contribution in [2.24, 2.45) is 0 Å². The first-order valence-electron chi connectivity index (χ1n) is 10.5. The van der Waals surface area contributed by atoms with E-state index >= 15 is 0 Å². The van der Waals surface area contributed by atoms with Crippen LogP contribution in [-0.4, -0.2) is 57.0 Å². The van der Waals surface area contributed by atoms with Crippen LogP contribution in [0.2, 0.25) is 0 Å². The van der Waals surface area contributed by atoms with Crippen LogP contribution in [0.5, 0.6) is 5.75 Å². The quantitative estimate of drug-likeness (QED) is 0.234. The zero-order chi connectivity index (χ0) is 22.1. The van der Waals surface area contributed by atoms with Crippen molar-refractivity contribution in [3.8, 4) is 28.5 Å². The molecular formula is C24H25N6O2+. The van der Waals surface area contributed by atoms with Gasteiger partial charge in [-0.3, -0.25) is 0 Å². The molecule has 0 aliphatic rings. The fourth-order valence-electron chi connectivity index (χ4n) is 3.79. The third kappa shape index (κ3) is 3.77. The number of fused-ring (bicyclic) bond motifs is 2. The van der Waals surface area contributed by atoms with Gasteiger partial charge < -0.3 is 30.4 Å². The molecule has 0 unspecified atom stereocenters. The number of hydrogen-bond acceptors (Lipinski definition) is 5. The van der Waals surface area contributed by atoms with Gasteiger partial charge in [0.25, 0.3) is 0 Å². The van der Waals surface area contributed by atoms with Gasteiger partial charge in [0.05, 0.1) is 22.1 Å². The van der Waals surface area contributed by atoms with Gasteiger partial charge in [0.15, 0.2) is 0 Å². The Hall–Kier alpha value is -3.88. The van der Waals surface area contributed by atoms with Gasteiger partial charge in [0, 0.05) is 29.9 Å². The van der Waals surface area contributed by atoms with Gasteiger partial charge >= 0.3 is 0 Å². The zero-order valence-electron chi connectivity index (χ0n) is 17.7. The van der Waals surface area contributed by atoms with Crippen LogP contribution in [-0.2, 0) is 0 Å². The number of aromatic nitrogens is 4. The van der Waals surface area contributed by atoms with E-state index in [2.05, 4.69) is 20.3 Å². The van der Waals surface area contributed by atoms with Crippen LogP contribution in [0.15, 0.2) is 60.7 Å². The van der Waals surface area contributed by atoms with E-state index in [1.165, 1.54) is 0 Å². The van der Waals surface area contributed by atoms with Gasteiger partial charge in [0.2, 0.25) is 6.73 Å². The lowest BCUT2D eigenvalue weighted by atomic mass is 10.2. The van der Waals surface area contributed by atoms with Gasteiger partial charge in [0.1, 0.15) is 17.4 Å². The number of aromatic hydroxyl groups is 1. The van der Waals surface area contributed by atoms with Crippen molar-refractivity contribution in [3.63, 3.8) is 0 Å². The summed E-state index contributed by atoms with van der Waals surface area (Å²) in [4.78, 5) is 18.2. The molecule has 0 bridgehead atoms. The largest absolute Gasteiger partial charge is 0.508 e. The molecule has 5 aromatic rings. The number of benzene rings is 3. The maximum absolute atomic E-state index is 9.51. The maximum Gasteiger partial charge on any atom is 0.223 e. The number of phenolic OH excluding ortho intramolecular Hbond substituents is 1. The van der Waals surface area contributed by atoms with E-state index < -0.39 is 0 Å². The van der Waals surface area contributed by atoms with E-state index in [0.717, 1.165) is 63.6 Å². The smallest absolute Gasteiger partial charge is 0.223 e. The molecule has 0 amide bonds. The van der Waals surface area contributed by atoms with Crippen LogP contribution >= 0.6 is 0 Å². The summed E-state index contributed by atoms with van der Waals surface area (Å²) in [5.74, 6) is 1.77. The lowest BCUT2D eigenvalue weighted by Crippen LogP contribution is -2.31. The SMILES string of the molecule is CNCCN(C[OH2+])c1ccc2nc(-c3ccc4nc(-c5ccc(O)cc5)[nH]c4c3)[nH]c2c1. The van der Waals surface area contributed by atoms with Gasteiger partial charge in [-0.1, -0.05) is 0 Å². The summed E-state index contributed by atoms with van der Waals surface area (Å²) in [6.45, 7) is 1.79. The van der Waals surface area contributed by atoms with E-state index in [1.54, 1.807) is 12.1 Å². The van der Waals surface area contributed by atoms with E-state index in [-0.39, 0.29) is 12.5 Å². The molecule has 32 heavy (non-hydrogen) atoms. The van der Waals surface area contributed by atoms with Crippen molar-refractivity contribution in [3.05, 3.63) is 60.7 Å². The molecule has 3 aromatic carbocycles. The highest BCUT2D eigenvalue weighted by molar-refractivity contribution is 5.87. The van der Waals surface area contributed by atoms with E-state index in [4.69, 9.17) is 10.1 Å². The zero-order valence-corrected chi connectivity index (χ0v) is 17.7. The second kappa shape index (κ2) is 8.33. The molecule has 5 rings (SSSR count). The summed E-state index contributed by atoms with van der Waals surface area (Å²) in [6, 6.07) is 19.0. The summed E-state index contributed by atoms with van der Waals surface area (Å²) >= 11 is 0. The second-order valence-corrected chi connectivity index (χ2v) is 7.68. The first-order chi connectivity index (χ1) is 15.6. The maximum atomic E-state index is 9.51. The number of nitrogens with zero attached hydrogens (tertiary/aromatic N) is 3. The molecule has 0 saturated heterocycles. The summed E-state index contributed by atoms with van der Waals surface area (Å²) in [5, 5.41) is 20.5. The van der Waals surface area contributed by atoms with Crippen LogP contribution in [0, 0.1) is 0 Å². The molecule has 0 spiro atoms. The first kappa shape index (κ1) is 20.0. The van der Waals surface area contributed by atoms with Crippen molar-refractivity contribution in [1.29, 1.82) is 0 Å². The van der Waals surface area contributed by atoms with E-state index in [1.807, 2.05) is 60.5 Å². The Morgan fingerprint density at radius 1 is 0.875 bits per heavy atom. The summed E-state index contributed by atoms with van der Waals surface area (Å²) in [6.07, 6.45) is 0. The lowest BCUT2D eigenvalue weighted by Gasteiger charge is -2.19. The molecule has 8 nitrogen and oxygen atoms in total. The third-order valence-corrected chi connectivity index (χ3v) is 5.55. The van der Waals surface area contributed by atoms with Gasteiger partial charge in [-0.05, 0) is 67.7 Å². The minimum absolute atomic E-state index is 0.202. The molecule has 0 aliphatic heterocycles.